The number of fused-ring (bicyclic) bond motifs is 1. The number of hydrogen-bond donors (Lipinski definition) is 0. The summed E-state index contributed by atoms with van der Waals surface area (Å²) in [5.41, 5.74) is 1.99. The summed E-state index contributed by atoms with van der Waals surface area (Å²) in [6, 6.07) is 8.06. The second-order valence-corrected chi connectivity index (χ2v) is 5.08. The molecule has 0 fully saturated rings. The Labute approximate surface area is 91.5 Å². The van der Waals surface area contributed by atoms with Crippen molar-refractivity contribution < 1.29 is 4.79 Å². The summed E-state index contributed by atoms with van der Waals surface area (Å²) in [7, 11) is 0. The highest BCUT2D eigenvalue weighted by Crippen LogP contribution is 2.32. The first-order chi connectivity index (χ1) is 7.11. The molecule has 0 atom stereocenters. The second-order valence-electron chi connectivity index (χ2n) is 5.08. The molecule has 1 nitrogen and oxygen atoms in total. The molecule has 0 saturated carbocycles. The van der Waals surface area contributed by atoms with E-state index in [-0.39, 0.29) is 5.41 Å². The van der Waals surface area contributed by atoms with Gasteiger partial charge in [0, 0.05) is 11.0 Å². The SMILES string of the molecule is CC1(C)CCCCc2ccccc2C1=O. The molecule has 1 aliphatic carbocycles. The Morgan fingerprint density at radius 1 is 1.13 bits per heavy atom. The van der Waals surface area contributed by atoms with E-state index in [1.165, 1.54) is 12.0 Å². The lowest BCUT2D eigenvalue weighted by molar-refractivity contribution is 0.0818. The van der Waals surface area contributed by atoms with Crippen LogP contribution in [0.25, 0.3) is 0 Å². The number of ketones is 1. The molecule has 0 saturated heterocycles. The van der Waals surface area contributed by atoms with Crippen molar-refractivity contribution in [2.45, 2.75) is 39.5 Å². The van der Waals surface area contributed by atoms with Gasteiger partial charge in [-0.3, -0.25) is 4.79 Å². The quantitative estimate of drug-likeness (QED) is 0.628. The number of carbonyl (C=O) groups excluding carboxylic acids is 1. The van der Waals surface area contributed by atoms with Crippen LogP contribution in [0.1, 0.15) is 49.0 Å². The van der Waals surface area contributed by atoms with Crippen molar-refractivity contribution in [3.05, 3.63) is 35.4 Å². The van der Waals surface area contributed by atoms with Crippen molar-refractivity contribution >= 4 is 5.78 Å². The average Bonchev–Trinajstić information content (AvgIpc) is 2.22. The number of hydrogen-bond acceptors (Lipinski definition) is 1. The lowest BCUT2D eigenvalue weighted by Crippen LogP contribution is -2.26. The maximum absolute atomic E-state index is 12.3. The van der Waals surface area contributed by atoms with Gasteiger partial charge in [0.15, 0.2) is 5.78 Å². The van der Waals surface area contributed by atoms with E-state index in [1.54, 1.807) is 0 Å². The Morgan fingerprint density at radius 3 is 2.67 bits per heavy atom. The molecule has 0 aromatic heterocycles. The van der Waals surface area contributed by atoms with E-state index < -0.39 is 0 Å². The summed E-state index contributed by atoms with van der Waals surface area (Å²) in [4.78, 5) is 12.3. The summed E-state index contributed by atoms with van der Waals surface area (Å²) >= 11 is 0. The molecule has 0 heterocycles. The van der Waals surface area contributed by atoms with Crippen LogP contribution in [0.2, 0.25) is 0 Å². The minimum atomic E-state index is -0.184. The second kappa shape index (κ2) is 3.80. The highest BCUT2D eigenvalue weighted by Gasteiger charge is 2.30. The molecule has 1 heteroatoms. The molecule has 0 bridgehead atoms. The fourth-order valence-electron chi connectivity index (χ4n) is 2.32. The zero-order chi connectivity index (χ0) is 10.9. The smallest absolute Gasteiger partial charge is 0.168 e. The fourth-order valence-corrected chi connectivity index (χ4v) is 2.32. The van der Waals surface area contributed by atoms with Crippen LogP contribution >= 0.6 is 0 Å². The van der Waals surface area contributed by atoms with E-state index in [4.69, 9.17) is 0 Å². The lowest BCUT2D eigenvalue weighted by Gasteiger charge is -2.26. The van der Waals surface area contributed by atoms with E-state index in [2.05, 4.69) is 19.9 Å². The van der Waals surface area contributed by atoms with Gasteiger partial charge < -0.3 is 0 Å². The van der Waals surface area contributed by atoms with E-state index >= 15 is 0 Å². The fraction of sp³-hybridized carbons (Fsp3) is 0.500. The Kier molecular flexibility index (Phi) is 2.64. The van der Waals surface area contributed by atoms with Crippen LogP contribution < -0.4 is 0 Å². The number of aryl methyl sites for hydroxylation is 1. The van der Waals surface area contributed by atoms with E-state index in [9.17, 15) is 4.79 Å². The van der Waals surface area contributed by atoms with Crippen LogP contribution in [0.3, 0.4) is 0 Å². The zero-order valence-corrected chi connectivity index (χ0v) is 9.55. The summed E-state index contributed by atoms with van der Waals surface area (Å²) in [5, 5.41) is 0. The monoisotopic (exact) mass is 202 g/mol. The van der Waals surface area contributed by atoms with Crippen LogP contribution in [0.5, 0.6) is 0 Å². The Bertz CT molecular complexity index is 377. The third kappa shape index (κ3) is 1.97. The normalized spacial score (nSPS) is 20.3. The summed E-state index contributed by atoms with van der Waals surface area (Å²) in [6.07, 6.45) is 4.43. The van der Waals surface area contributed by atoms with Gasteiger partial charge in [0.2, 0.25) is 0 Å². The summed E-state index contributed by atoms with van der Waals surface area (Å²) < 4.78 is 0. The van der Waals surface area contributed by atoms with Crippen LogP contribution in [-0.2, 0) is 6.42 Å². The van der Waals surface area contributed by atoms with Gasteiger partial charge in [-0.25, -0.2) is 0 Å². The topological polar surface area (TPSA) is 17.1 Å². The van der Waals surface area contributed by atoms with Crippen LogP contribution in [0, 0.1) is 5.41 Å². The van der Waals surface area contributed by atoms with Crippen molar-refractivity contribution in [3.8, 4) is 0 Å². The van der Waals surface area contributed by atoms with Gasteiger partial charge in [-0.15, -0.1) is 0 Å². The van der Waals surface area contributed by atoms with Crippen LogP contribution in [0.4, 0.5) is 0 Å². The van der Waals surface area contributed by atoms with Gasteiger partial charge >= 0.3 is 0 Å². The first-order valence-electron chi connectivity index (χ1n) is 5.74. The van der Waals surface area contributed by atoms with Crippen molar-refractivity contribution in [1.82, 2.24) is 0 Å². The minimum absolute atomic E-state index is 0.184. The van der Waals surface area contributed by atoms with E-state index in [0.717, 1.165) is 24.8 Å². The summed E-state index contributed by atoms with van der Waals surface area (Å²) in [5.74, 6) is 0.317. The highest BCUT2D eigenvalue weighted by atomic mass is 16.1. The van der Waals surface area contributed by atoms with E-state index in [0.29, 0.717) is 5.78 Å². The minimum Gasteiger partial charge on any atom is -0.294 e. The molecule has 1 aromatic rings. The maximum atomic E-state index is 12.3. The molecule has 0 unspecified atom stereocenters. The Morgan fingerprint density at radius 2 is 1.87 bits per heavy atom. The molecule has 2 rings (SSSR count). The van der Waals surface area contributed by atoms with Crippen molar-refractivity contribution in [2.75, 3.05) is 0 Å². The molecule has 15 heavy (non-hydrogen) atoms. The van der Waals surface area contributed by atoms with Crippen LogP contribution in [0.15, 0.2) is 24.3 Å². The van der Waals surface area contributed by atoms with Gasteiger partial charge in [0.05, 0.1) is 0 Å². The van der Waals surface area contributed by atoms with Crippen molar-refractivity contribution in [1.29, 1.82) is 0 Å². The Balaban J connectivity index is 2.46. The largest absolute Gasteiger partial charge is 0.294 e. The standard InChI is InChI=1S/C14H18O/c1-14(2)10-6-5-8-11-7-3-4-9-12(11)13(14)15/h3-4,7,9H,5-6,8,10H2,1-2H3. The molecule has 0 N–H and O–H groups in total. The molecule has 0 spiro atoms. The number of carbonyl (C=O) groups is 1. The zero-order valence-electron chi connectivity index (χ0n) is 9.55. The van der Waals surface area contributed by atoms with E-state index in [1.807, 2.05) is 18.2 Å². The van der Waals surface area contributed by atoms with Gasteiger partial charge in [-0.1, -0.05) is 44.5 Å². The molecular weight excluding hydrogens is 184 g/mol. The highest BCUT2D eigenvalue weighted by molar-refractivity contribution is 6.01. The molecular formula is C14H18O. The number of Topliss-reactive ketones (excluding diaryl/α,β-unsaturated/α-hetero) is 1. The molecule has 0 amide bonds. The first kappa shape index (κ1) is 10.4. The molecule has 0 aliphatic heterocycles. The Hall–Kier alpha value is -1.11. The third-order valence-corrected chi connectivity index (χ3v) is 3.37. The van der Waals surface area contributed by atoms with Gasteiger partial charge in [0.25, 0.3) is 0 Å². The summed E-state index contributed by atoms with van der Waals surface area (Å²) in [6.45, 7) is 4.13. The number of benzene rings is 1. The molecule has 0 radical (unpaired) electrons. The predicted octanol–water partition coefficient (Wildman–Crippen LogP) is 3.62. The van der Waals surface area contributed by atoms with Gasteiger partial charge in [0.1, 0.15) is 0 Å². The molecule has 80 valence electrons. The van der Waals surface area contributed by atoms with Gasteiger partial charge in [-0.05, 0) is 24.8 Å². The third-order valence-electron chi connectivity index (χ3n) is 3.37. The first-order valence-corrected chi connectivity index (χ1v) is 5.74. The van der Waals surface area contributed by atoms with Crippen molar-refractivity contribution in [2.24, 2.45) is 5.41 Å². The number of rotatable bonds is 0. The van der Waals surface area contributed by atoms with Gasteiger partial charge in [-0.2, -0.15) is 0 Å². The lowest BCUT2D eigenvalue weighted by atomic mass is 9.76. The average molecular weight is 202 g/mol. The molecule has 1 aromatic carbocycles. The maximum Gasteiger partial charge on any atom is 0.168 e. The van der Waals surface area contributed by atoms with Crippen molar-refractivity contribution in [3.63, 3.8) is 0 Å². The predicted molar refractivity (Wildman–Crippen MR) is 62.1 cm³/mol. The molecule has 1 aliphatic rings. The van der Waals surface area contributed by atoms with Crippen LogP contribution in [-0.4, -0.2) is 5.78 Å².